The summed E-state index contributed by atoms with van der Waals surface area (Å²) in [6, 6.07) is 0. The molecule has 0 unspecified atom stereocenters. The second-order valence-electron chi connectivity index (χ2n) is 0.513. The van der Waals surface area contributed by atoms with Crippen molar-refractivity contribution in [2.24, 2.45) is 0 Å². The Balaban J connectivity index is -0.00000000800. The maximum absolute atomic E-state index is 8.88. The Hall–Kier alpha value is 2.21. The molecule has 0 atom stereocenters. The van der Waals surface area contributed by atoms with E-state index >= 15 is 0 Å². The van der Waals surface area contributed by atoms with Crippen LogP contribution in [0.25, 0.3) is 0 Å². The van der Waals surface area contributed by atoms with Gasteiger partial charge in [-0.25, -0.2) is 4.57 Å². The van der Waals surface area contributed by atoms with Crippen molar-refractivity contribution >= 4 is 7.82 Å². The van der Waals surface area contributed by atoms with Gasteiger partial charge in [-0.15, -0.1) is 0 Å². The van der Waals surface area contributed by atoms with Crippen molar-refractivity contribution in [2.75, 3.05) is 0 Å². The molecule has 0 bridgehead atoms. The molecule has 45 valence electrons. The zero-order valence-corrected chi connectivity index (χ0v) is 8.47. The van der Waals surface area contributed by atoms with E-state index in [-0.39, 0.29) is 68.0 Å². The van der Waals surface area contributed by atoms with E-state index in [0.717, 1.165) is 0 Å². The topological polar surface area (TPSA) is 77.8 Å². The van der Waals surface area contributed by atoms with Gasteiger partial charge in [0, 0.05) is 16.8 Å². The van der Waals surface area contributed by atoms with Crippen LogP contribution in [0.1, 0.15) is 2.85 Å². The number of rotatable bonds is 0. The first kappa shape index (κ1) is 22.5. The van der Waals surface area contributed by atoms with Crippen LogP contribution >= 0.6 is 7.82 Å². The van der Waals surface area contributed by atoms with Gasteiger partial charge in [-0.2, -0.15) is 0 Å². The van der Waals surface area contributed by atoms with Gasteiger partial charge in [0.15, 0.2) is 0 Å². The number of phosphoric acid groups is 1. The largest absolute Gasteiger partial charge is 1.00 e. The van der Waals surface area contributed by atoms with Crippen LogP contribution in [0.15, 0.2) is 0 Å². The van der Waals surface area contributed by atoms with Gasteiger partial charge in [0.1, 0.15) is 0 Å². The van der Waals surface area contributed by atoms with Crippen molar-refractivity contribution in [1.82, 2.24) is 0 Å². The van der Waals surface area contributed by atoms with Crippen LogP contribution in [0.5, 0.6) is 0 Å². The summed E-state index contributed by atoms with van der Waals surface area (Å²) >= 11 is 0. The minimum Gasteiger partial charge on any atom is -1.00 e. The monoisotopic (exact) mass is 189 g/mol. The molecule has 1 radical (unpaired) electrons. The third-order valence-electron chi connectivity index (χ3n) is 0. The summed E-state index contributed by atoms with van der Waals surface area (Å²) in [5.74, 6) is 0. The maximum Gasteiger partial charge on any atom is 1.00 e. The molecule has 3 N–H and O–H groups in total. The van der Waals surface area contributed by atoms with Gasteiger partial charge >= 0.3 is 56.2 Å². The van der Waals surface area contributed by atoms with Crippen LogP contribution in [0.4, 0.5) is 0 Å². The Bertz CT molecular complexity index is 69.4. The van der Waals surface area contributed by atoms with Crippen molar-refractivity contribution in [1.29, 1.82) is 0 Å². The minimum absolute atomic E-state index is 0. The summed E-state index contributed by atoms with van der Waals surface area (Å²) in [5.41, 5.74) is 0. The molecular formula is H5CoLiNaO4P. The van der Waals surface area contributed by atoms with Gasteiger partial charge < -0.3 is 17.5 Å². The normalized spacial score (nSPS) is 7.38. The van der Waals surface area contributed by atoms with Gasteiger partial charge in [0.25, 0.3) is 0 Å². The van der Waals surface area contributed by atoms with E-state index in [4.69, 9.17) is 19.2 Å². The molecule has 4 nitrogen and oxygen atoms in total. The molecule has 0 fully saturated rings. The average molecular weight is 189 g/mol. The Labute approximate surface area is 94.3 Å². The predicted octanol–water partition coefficient (Wildman–Crippen LogP) is -6.70. The average Bonchev–Trinajstić information content (AvgIpc) is 0.722. The molecule has 0 aliphatic rings. The second kappa shape index (κ2) is 9.21. The molecule has 0 heterocycles. The smallest absolute Gasteiger partial charge is 1.00 e. The van der Waals surface area contributed by atoms with E-state index in [1.54, 1.807) is 0 Å². The zero-order valence-electron chi connectivity index (χ0n) is 6.53. The molecule has 0 amide bonds. The summed E-state index contributed by atoms with van der Waals surface area (Å²) in [6.07, 6.45) is 0. The van der Waals surface area contributed by atoms with Gasteiger partial charge in [-0.05, 0) is 0 Å². The molecule has 0 aliphatic carbocycles. The van der Waals surface area contributed by atoms with Crippen molar-refractivity contribution in [3.8, 4) is 0 Å². The quantitative estimate of drug-likeness (QED) is 0.261. The van der Waals surface area contributed by atoms with E-state index in [0.29, 0.717) is 0 Å². The van der Waals surface area contributed by atoms with Crippen LogP contribution in [-0.2, 0) is 21.3 Å². The SMILES string of the molecule is O=P(O)(O)O.[Co].[H-].[H-].[Li+].[Na+]. The van der Waals surface area contributed by atoms with Crippen molar-refractivity contribution in [2.45, 2.75) is 0 Å². The van der Waals surface area contributed by atoms with E-state index < -0.39 is 7.82 Å². The van der Waals surface area contributed by atoms with Gasteiger partial charge in [0.2, 0.25) is 0 Å². The third kappa shape index (κ3) is 87.2. The van der Waals surface area contributed by atoms with Crippen LogP contribution in [0.2, 0.25) is 0 Å². The standard InChI is InChI=1S/Co.Li.Na.H3O4P.2H/c;;;1-5(2,3)4;;/h;;;(H3,1,2,3,4);;/q;2*+1;;2*-1. The fraction of sp³-hybridized carbons (Fsp3) is 0. The van der Waals surface area contributed by atoms with Crippen LogP contribution in [0, 0.1) is 0 Å². The van der Waals surface area contributed by atoms with Crippen LogP contribution in [-0.4, -0.2) is 14.7 Å². The molecular weight excluding hydrogens is 184 g/mol. The maximum atomic E-state index is 8.88. The molecule has 0 aliphatic heterocycles. The number of hydrogen-bond acceptors (Lipinski definition) is 1. The molecule has 0 aromatic heterocycles. The summed E-state index contributed by atoms with van der Waals surface area (Å²) < 4.78 is 8.88. The first-order valence-electron chi connectivity index (χ1n) is 0.783. The molecule has 0 saturated heterocycles. The van der Waals surface area contributed by atoms with Gasteiger partial charge in [-0.1, -0.05) is 0 Å². The van der Waals surface area contributed by atoms with Gasteiger partial charge in [0.05, 0.1) is 0 Å². The zero-order chi connectivity index (χ0) is 4.50. The van der Waals surface area contributed by atoms with Gasteiger partial charge in [-0.3, -0.25) is 0 Å². The fourth-order valence-corrected chi connectivity index (χ4v) is 0. The molecule has 0 saturated carbocycles. The summed E-state index contributed by atoms with van der Waals surface area (Å²) in [5, 5.41) is 0. The van der Waals surface area contributed by atoms with Crippen LogP contribution < -0.4 is 48.4 Å². The van der Waals surface area contributed by atoms with E-state index in [2.05, 4.69) is 0 Å². The molecule has 0 rings (SSSR count). The predicted molar refractivity (Wildman–Crippen MR) is 16.5 cm³/mol. The molecule has 0 spiro atoms. The molecule has 8 heteroatoms. The summed E-state index contributed by atoms with van der Waals surface area (Å²) in [7, 11) is -4.64. The van der Waals surface area contributed by atoms with E-state index in [1.165, 1.54) is 0 Å². The summed E-state index contributed by atoms with van der Waals surface area (Å²) in [6.45, 7) is 0. The second-order valence-corrected chi connectivity index (χ2v) is 1.54. The Morgan fingerprint density at radius 1 is 1.25 bits per heavy atom. The minimum atomic E-state index is -4.64. The van der Waals surface area contributed by atoms with Crippen molar-refractivity contribution in [3.63, 3.8) is 0 Å². The molecule has 0 aromatic carbocycles. The van der Waals surface area contributed by atoms with Crippen LogP contribution in [0.3, 0.4) is 0 Å². The van der Waals surface area contributed by atoms with Crippen molar-refractivity contribution < 1.29 is 87.3 Å². The van der Waals surface area contributed by atoms with Crippen molar-refractivity contribution in [3.05, 3.63) is 0 Å². The Morgan fingerprint density at radius 2 is 1.25 bits per heavy atom. The molecule has 0 aromatic rings. The summed E-state index contributed by atoms with van der Waals surface area (Å²) in [4.78, 5) is 21.6. The fourth-order valence-electron chi connectivity index (χ4n) is 0. The number of hydrogen-bond donors (Lipinski definition) is 3. The third-order valence-corrected chi connectivity index (χ3v) is 0. The Morgan fingerprint density at radius 3 is 1.25 bits per heavy atom. The van der Waals surface area contributed by atoms with E-state index in [9.17, 15) is 0 Å². The Kier molecular flexibility index (Phi) is 25.9. The first-order chi connectivity index (χ1) is 2.00. The van der Waals surface area contributed by atoms with E-state index in [1.807, 2.05) is 0 Å². The first-order valence-corrected chi connectivity index (χ1v) is 2.35. The molecule has 8 heavy (non-hydrogen) atoms.